The number of nitrogens with two attached hydrogens (primary N) is 1. The number of nitrogens with one attached hydrogen (secondary N) is 2. The van der Waals surface area contributed by atoms with Crippen LogP contribution >= 0.6 is 24.0 Å². The van der Waals surface area contributed by atoms with Crippen LogP contribution in [-0.2, 0) is 0 Å². The van der Waals surface area contributed by atoms with Gasteiger partial charge in [0.2, 0.25) is 0 Å². The molecule has 0 aliphatic rings. The Morgan fingerprint density at radius 2 is 1.39 bits per heavy atom. The van der Waals surface area contributed by atoms with Gasteiger partial charge in [0.05, 0.1) is 13.2 Å². The van der Waals surface area contributed by atoms with E-state index < -0.39 is 0 Å². The number of thiocarbonyl (C=S) groups is 1. The molecule has 0 saturated carbocycles. The van der Waals surface area contributed by atoms with Crippen molar-refractivity contribution in [1.82, 2.24) is 0 Å². The Labute approximate surface area is 210 Å². The second-order valence-electron chi connectivity index (χ2n) is 6.55. The third-order valence-corrected chi connectivity index (χ3v) is 8.42. The summed E-state index contributed by atoms with van der Waals surface area (Å²) in [6.45, 7) is 6.10. The van der Waals surface area contributed by atoms with Gasteiger partial charge >= 0.3 is 75.3 Å². The predicted molar refractivity (Wildman–Crippen MR) is 142 cm³/mol. The molecule has 0 aromatic heterocycles. The molecule has 2 aromatic rings. The normalized spacial score (nSPS) is 11.0. The van der Waals surface area contributed by atoms with E-state index >= 15 is 0 Å². The molecule has 2 rings (SSSR count). The molecule has 0 aliphatic carbocycles. The molecule has 2 radical (unpaired) electrons. The summed E-state index contributed by atoms with van der Waals surface area (Å²) in [5, 5.41) is 6.80. The molecule has 0 aliphatic heterocycles. The first-order valence-electron chi connectivity index (χ1n) is 10.5. The second-order valence-corrected chi connectivity index (χ2v) is 11.7. The van der Waals surface area contributed by atoms with E-state index in [1.165, 1.54) is 41.8 Å². The average molecular weight is 568 g/mol. The zero-order valence-corrected chi connectivity index (χ0v) is 23.7. The second kappa shape index (κ2) is 17.4. The van der Waals surface area contributed by atoms with Crippen molar-refractivity contribution in [3.63, 3.8) is 0 Å². The molecule has 1 unspecified atom stereocenters. The van der Waals surface area contributed by atoms with Crippen molar-refractivity contribution in [1.29, 1.82) is 0 Å². The summed E-state index contributed by atoms with van der Waals surface area (Å²) in [4.78, 5) is 0. The van der Waals surface area contributed by atoms with Crippen molar-refractivity contribution in [2.75, 3.05) is 36.6 Å². The minimum atomic E-state index is 0.535. The Balaban J connectivity index is 0.000000452. The van der Waals surface area contributed by atoms with E-state index in [0.29, 0.717) is 18.3 Å². The van der Waals surface area contributed by atoms with E-state index in [4.69, 9.17) is 27.4 Å². The molecule has 5 nitrogen and oxygen atoms in total. The molecule has 0 fully saturated rings. The molecule has 4 N–H and O–H groups in total. The van der Waals surface area contributed by atoms with Crippen molar-refractivity contribution < 1.29 is 9.47 Å². The van der Waals surface area contributed by atoms with Crippen LogP contribution in [0, 0.1) is 0 Å². The first-order chi connectivity index (χ1) is 15.0. The summed E-state index contributed by atoms with van der Waals surface area (Å²) in [5.74, 6) is 1.69. The molecule has 0 heterocycles. The number of unbranched alkanes of at least 4 members (excludes halogenated alkanes) is 1. The van der Waals surface area contributed by atoms with Gasteiger partial charge in [0.15, 0.2) is 5.11 Å². The van der Waals surface area contributed by atoms with E-state index in [1.807, 2.05) is 74.1 Å². The van der Waals surface area contributed by atoms with E-state index in [-0.39, 0.29) is 0 Å². The van der Waals surface area contributed by atoms with Crippen LogP contribution in [0.5, 0.6) is 11.5 Å². The summed E-state index contributed by atoms with van der Waals surface area (Å²) in [6, 6.07) is 15.3. The maximum absolute atomic E-state index is 5.40. The Hall–Kier alpha value is -1.16. The van der Waals surface area contributed by atoms with E-state index in [0.717, 1.165) is 32.7 Å². The number of rotatable bonds is 11. The van der Waals surface area contributed by atoms with E-state index in [2.05, 4.69) is 16.9 Å². The number of ether oxygens (including phenoxy) is 2. The molecule has 31 heavy (non-hydrogen) atoms. The van der Waals surface area contributed by atoms with Gasteiger partial charge in [-0.25, -0.2) is 0 Å². The molecule has 2 aromatic carbocycles. The van der Waals surface area contributed by atoms with Crippen LogP contribution in [0.2, 0.25) is 0 Å². The van der Waals surface area contributed by atoms with Gasteiger partial charge in [0.1, 0.15) is 11.5 Å². The number of hydrogen-bond donors (Lipinski definition) is 3. The molecule has 0 bridgehead atoms. The molecular weight excluding hydrogens is 533 g/mol. The van der Waals surface area contributed by atoms with Crippen molar-refractivity contribution in [3.05, 3.63) is 48.5 Å². The van der Waals surface area contributed by atoms with Gasteiger partial charge in [-0.05, 0) is 74.6 Å². The molecule has 0 amide bonds. The Bertz CT molecular complexity index is 677. The summed E-state index contributed by atoms with van der Waals surface area (Å²) >= 11 is 8.68. The summed E-state index contributed by atoms with van der Waals surface area (Å²) in [5.41, 5.74) is 7.18. The van der Waals surface area contributed by atoms with Crippen molar-refractivity contribution in [2.24, 2.45) is 5.73 Å². The van der Waals surface area contributed by atoms with Crippen LogP contribution in [0.15, 0.2) is 48.5 Å². The van der Waals surface area contributed by atoms with Gasteiger partial charge in [-0.15, -0.1) is 0 Å². The van der Waals surface area contributed by atoms with Gasteiger partial charge < -0.3 is 20.1 Å². The van der Waals surface area contributed by atoms with Crippen LogP contribution in [-0.4, -0.2) is 56.9 Å². The van der Waals surface area contributed by atoms with Crippen LogP contribution in [0.1, 0.15) is 33.1 Å². The third kappa shape index (κ3) is 13.1. The van der Waals surface area contributed by atoms with Gasteiger partial charge in [-0.1, -0.05) is 0 Å². The number of benzene rings is 2. The Morgan fingerprint density at radius 1 is 0.935 bits per heavy atom. The summed E-state index contributed by atoms with van der Waals surface area (Å²) < 4.78 is 11.8. The number of thioether (sulfide) groups is 1. The molecule has 0 spiro atoms. The first-order valence-corrected chi connectivity index (χ1v) is 14.1. The summed E-state index contributed by atoms with van der Waals surface area (Å²) in [6.07, 6.45) is 6.10. The van der Waals surface area contributed by atoms with Crippen LogP contribution < -0.4 is 25.8 Å². The van der Waals surface area contributed by atoms with Gasteiger partial charge in [0, 0.05) is 11.4 Å². The zero-order valence-electron chi connectivity index (χ0n) is 18.7. The average Bonchev–Trinajstić information content (AvgIpc) is 2.77. The topological polar surface area (TPSA) is 68.5 Å². The summed E-state index contributed by atoms with van der Waals surface area (Å²) in [7, 11) is 0. The van der Waals surface area contributed by atoms with E-state index in [1.54, 1.807) is 0 Å². The molecule has 170 valence electrons. The van der Waals surface area contributed by atoms with Crippen LogP contribution in [0.25, 0.3) is 0 Å². The number of anilines is 2. The minimum absolute atomic E-state index is 0.535. The molecular formula is C23H35N3O2S2Sn. The standard InChI is InChI=1S/C17H20N2O2S.C6H14NS.Sn.H/c1-3-20-15-9-5-13(6-10-15)18-17(22)19-14-7-11-16(12-8-14)21-4-2;1-8-6-4-2-3-5-7;;/h5-12H,3-4H2,1-2H3,(H2,18,19,22);6H,2-5,7H2,1H3;;. The van der Waals surface area contributed by atoms with E-state index in [9.17, 15) is 0 Å². The van der Waals surface area contributed by atoms with Crippen molar-refractivity contribution in [2.45, 2.75) is 36.4 Å². The molecule has 8 heteroatoms. The number of hydrogen-bond acceptors (Lipinski definition) is 5. The maximum atomic E-state index is 5.40. The third-order valence-electron chi connectivity index (χ3n) is 4.09. The molecule has 1 atom stereocenters. The van der Waals surface area contributed by atoms with Gasteiger partial charge in [-0.3, -0.25) is 0 Å². The first kappa shape index (κ1) is 27.9. The monoisotopic (exact) mass is 569 g/mol. The zero-order chi connectivity index (χ0) is 22.9. The van der Waals surface area contributed by atoms with Crippen molar-refractivity contribution >= 4 is 63.0 Å². The predicted octanol–water partition coefficient (Wildman–Crippen LogP) is 5.00. The fourth-order valence-corrected chi connectivity index (χ4v) is 3.81. The fourth-order valence-electron chi connectivity index (χ4n) is 2.50. The quantitative estimate of drug-likeness (QED) is 0.200. The Kier molecular flexibility index (Phi) is 15.6. The fraction of sp³-hybridized carbons (Fsp3) is 0.435. The Morgan fingerprint density at radius 3 is 1.74 bits per heavy atom. The SMILES string of the molecule is CCOc1ccc(NC(=S)Nc2ccc(OCC)cc2)cc1.CS[CH]([SnH])CCCCN. The van der Waals surface area contributed by atoms with Gasteiger partial charge in [-0.2, -0.15) is 0 Å². The van der Waals surface area contributed by atoms with Crippen LogP contribution in [0.3, 0.4) is 0 Å². The van der Waals surface area contributed by atoms with Crippen LogP contribution in [0.4, 0.5) is 11.4 Å². The van der Waals surface area contributed by atoms with Crippen molar-refractivity contribution in [3.8, 4) is 11.5 Å². The van der Waals surface area contributed by atoms with Gasteiger partial charge in [0.25, 0.3) is 0 Å². The molecule has 0 saturated heterocycles.